The van der Waals surface area contributed by atoms with Gasteiger partial charge in [-0.1, -0.05) is 134 Å². The van der Waals surface area contributed by atoms with Crippen molar-refractivity contribution in [3.8, 4) is 11.1 Å². The zero-order valence-electron chi connectivity index (χ0n) is 20.4. The molecule has 1 aromatic heterocycles. The number of aromatic amines is 1. The first-order valence-corrected chi connectivity index (χ1v) is 13.2. The van der Waals surface area contributed by atoms with Crippen LogP contribution in [0.2, 0.25) is 0 Å². The molecule has 0 aliphatic carbocycles. The van der Waals surface area contributed by atoms with E-state index in [2.05, 4.69) is 11.9 Å². The van der Waals surface area contributed by atoms with Crippen molar-refractivity contribution in [2.24, 2.45) is 0 Å². The van der Waals surface area contributed by atoms with Crippen molar-refractivity contribution in [3.63, 3.8) is 0 Å². The van der Waals surface area contributed by atoms with Crippen LogP contribution in [-0.4, -0.2) is 17.6 Å². The van der Waals surface area contributed by atoms with Crippen LogP contribution in [-0.2, 0) is 4.74 Å². The third kappa shape index (κ3) is 11.0. The van der Waals surface area contributed by atoms with Gasteiger partial charge in [0.15, 0.2) is 0 Å². The van der Waals surface area contributed by atoms with Crippen LogP contribution < -0.4 is 0 Å². The van der Waals surface area contributed by atoms with Gasteiger partial charge in [-0.25, -0.2) is 4.79 Å². The summed E-state index contributed by atoms with van der Waals surface area (Å²) in [7, 11) is 0. The van der Waals surface area contributed by atoms with Gasteiger partial charge in [0.1, 0.15) is 0 Å². The van der Waals surface area contributed by atoms with Gasteiger partial charge in [-0.2, -0.15) is 0 Å². The van der Waals surface area contributed by atoms with Gasteiger partial charge in [-0.15, -0.1) is 0 Å². The van der Waals surface area contributed by atoms with Crippen molar-refractivity contribution in [2.45, 2.75) is 110 Å². The van der Waals surface area contributed by atoms with Crippen LogP contribution in [0.5, 0.6) is 0 Å². The van der Waals surface area contributed by atoms with Crippen LogP contribution in [0, 0.1) is 0 Å². The summed E-state index contributed by atoms with van der Waals surface area (Å²) in [5.41, 5.74) is 2.55. The molecule has 0 saturated carbocycles. The summed E-state index contributed by atoms with van der Waals surface area (Å²) >= 11 is 0. The molecule has 0 aliphatic rings. The minimum Gasteiger partial charge on any atom is -0.462 e. The van der Waals surface area contributed by atoms with E-state index in [-0.39, 0.29) is 5.97 Å². The van der Waals surface area contributed by atoms with Gasteiger partial charge in [-0.3, -0.25) is 0 Å². The number of carbonyl (C=O) groups excluding carboxylic acids is 1. The molecule has 3 heteroatoms. The maximum Gasteiger partial charge on any atom is 0.340 e. The molecule has 0 saturated heterocycles. The van der Waals surface area contributed by atoms with E-state index in [0.29, 0.717) is 12.2 Å². The zero-order valence-corrected chi connectivity index (χ0v) is 20.4. The number of nitrogens with one attached hydrogen (secondary N) is 1. The maximum atomic E-state index is 12.4. The zero-order chi connectivity index (χ0) is 22.7. The first kappa shape index (κ1) is 26.2. The van der Waals surface area contributed by atoms with E-state index in [1.807, 2.05) is 36.5 Å². The van der Waals surface area contributed by atoms with Crippen molar-refractivity contribution in [3.05, 3.63) is 48.3 Å². The minimum absolute atomic E-state index is 0.230. The molecule has 2 rings (SSSR count). The second kappa shape index (κ2) is 17.5. The Bertz CT molecular complexity index is 707. The third-order valence-electron chi connectivity index (χ3n) is 6.28. The Hall–Kier alpha value is -2.03. The molecule has 0 radical (unpaired) electrons. The highest BCUT2D eigenvalue weighted by atomic mass is 16.5. The predicted molar refractivity (Wildman–Crippen MR) is 136 cm³/mol. The van der Waals surface area contributed by atoms with E-state index < -0.39 is 0 Å². The molecule has 2 aromatic rings. The number of rotatable bonds is 19. The molecule has 0 amide bonds. The molecule has 0 fully saturated rings. The van der Waals surface area contributed by atoms with Gasteiger partial charge in [0.2, 0.25) is 0 Å². The van der Waals surface area contributed by atoms with Crippen molar-refractivity contribution < 1.29 is 9.53 Å². The lowest BCUT2D eigenvalue weighted by atomic mass is 10.0. The topological polar surface area (TPSA) is 42.1 Å². The molecule has 0 aliphatic heterocycles. The molecular formula is C29H45NO2. The Labute approximate surface area is 196 Å². The summed E-state index contributed by atoms with van der Waals surface area (Å²) in [6.07, 6.45) is 25.1. The van der Waals surface area contributed by atoms with E-state index in [4.69, 9.17) is 4.74 Å². The lowest BCUT2D eigenvalue weighted by Crippen LogP contribution is -2.06. The highest BCUT2D eigenvalue weighted by Gasteiger charge is 2.14. The molecule has 1 heterocycles. The summed E-state index contributed by atoms with van der Waals surface area (Å²) in [5.74, 6) is -0.230. The van der Waals surface area contributed by atoms with Gasteiger partial charge >= 0.3 is 5.97 Å². The molecule has 178 valence electrons. The summed E-state index contributed by atoms with van der Waals surface area (Å²) in [4.78, 5) is 15.5. The highest BCUT2D eigenvalue weighted by Crippen LogP contribution is 2.24. The number of unbranched alkanes of at least 4 members (excludes halogenated alkanes) is 15. The second-order valence-electron chi connectivity index (χ2n) is 9.09. The summed E-state index contributed by atoms with van der Waals surface area (Å²) in [6, 6.07) is 9.96. The van der Waals surface area contributed by atoms with Crippen LogP contribution in [0.4, 0.5) is 0 Å². The van der Waals surface area contributed by atoms with Crippen LogP contribution in [0.1, 0.15) is 120 Å². The molecule has 3 nitrogen and oxygen atoms in total. The molecule has 0 atom stereocenters. The molecular weight excluding hydrogens is 394 g/mol. The van der Waals surface area contributed by atoms with Crippen LogP contribution >= 0.6 is 0 Å². The number of aromatic nitrogens is 1. The van der Waals surface area contributed by atoms with Gasteiger partial charge in [0.25, 0.3) is 0 Å². The van der Waals surface area contributed by atoms with Crippen molar-refractivity contribution in [1.82, 2.24) is 4.98 Å². The quantitative estimate of drug-likeness (QED) is 0.175. The van der Waals surface area contributed by atoms with E-state index in [1.54, 1.807) is 6.20 Å². The number of H-pyrrole nitrogens is 1. The largest absolute Gasteiger partial charge is 0.462 e. The SMILES string of the molecule is CCCCCCCCCCCCCCCCCCOC(=O)c1c[nH]cc1-c1ccccc1. The number of carbonyl (C=O) groups is 1. The molecule has 32 heavy (non-hydrogen) atoms. The average Bonchev–Trinajstić information content (AvgIpc) is 3.32. The summed E-state index contributed by atoms with van der Waals surface area (Å²) in [5, 5.41) is 0. The van der Waals surface area contributed by atoms with E-state index >= 15 is 0 Å². The fourth-order valence-electron chi connectivity index (χ4n) is 4.28. The normalized spacial score (nSPS) is 11.0. The minimum atomic E-state index is -0.230. The Morgan fingerprint density at radius 1 is 0.688 bits per heavy atom. The molecule has 1 aromatic carbocycles. The van der Waals surface area contributed by atoms with Gasteiger partial charge in [0, 0.05) is 18.0 Å². The fraction of sp³-hybridized carbons (Fsp3) is 0.621. The Morgan fingerprint density at radius 2 is 1.19 bits per heavy atom. The first-order chi connectivity index (χ1) is 15.8. The van der Waals surface area contributed by atoms with Crippen LogP contribution in [0.15, 0.2) is 42.7 Å². The van der Waals surface area contributed by atoms with E-state index in [0.717, 1.165) is 24.0 Å². The number of hydrogen-bond donors (Lipinski definition) is 1. The third-order valence-corrected chi connectivity index (χ3v) is 6.28. The molecule has 0 spiro atoms. The van der Waals surface area contributed by atoms with E-state index in [1.165, 1.54) is 89.9 Å². The van der Waals surface area contributed by atoms with Gasteiger partial charge in [-0.05, 0) is 12.0 Å². The predicted octanol–water partition coefficient (Wildman–Crippen LogP) is 9.10. The lowest BCUT2D eigenvalue weighted by molar-refractivity contribution is 0.0499. The summed E-state index contributed by atoms with van der Waals surface area (Å²) < 4.78 is 5.51. The number of hydrogen-bond acceptors (Lipinski definition) is 2. The first-order valence-electron chi connectivity index (χ1n) is 13.2. The monoisotopic (exact) mass is 439 g/mol. The number of benzene rings is 1. The van der Waals surface area contributed by atoms with Crippen molar-refractivity contribution in [1.29, 1.82) is 0 Å². The smallest absolute Gasteiger partial charge is 0.340 e. The molecule has 0 bridgehead atoms. The van der Waals surface area contributed by atoms with Crippen LogP contribution in [0.25, 0.3) is 11.1 Å². The van der Waals surface area contributed by atoms with E-state index in [9.17, 15) is 4.79 Å². The summed E-state index contributed by atoms with van der Waals surface area (Å²) in [6.45, 7) is 2.79. The Kier molecular flexibility index (Phi) is 14.4. The number of esters is 1. The number of ether oxygens (including phenoxy) is 1. The van der Waals surface area contributed by atoms with Crippen molar-refractivity contribution >= 4 is 5.97 Å². The average molecular weight is 440 g/mol. The second-order valence-corrected chi connectivity index (χ2v) is 9.09. The molecule has 1 N–H and O–H groups in total. The highest BCUT2D eigenvalue weighted by molar-refractivity contribution is 5.97. The van der Waals surface area contributed by atoms with Gasteiger partial charge in [0.05, 0.1) is 12.2 Å². The fourth-order valence-corrected chi connectivity index (χ4v) is 4.28. The Balaban J connectivity index is 1.40. The standard InChI is InChI=1S/C29H45NO2/c1-2-3-4-5-6-7-8-9-10-11-12-13-14-15-16-20-23-32-29(31)28-25-30-24-27(28)26-21-18-17-19-22-26/h17-19,21-22,24-25,30H,2-16,20,23H2,1H3. The van der Waals surface area contributed by atoms with Crippen molar-refractivity contribution in [2.75, 3.05) is 6.61 Å². The lowest BCUT2D eigenvalue weighted by Gasteiger charge is -2.06. The van der Waals surface area contributed by atoms with Gasteiger partial charge < -0.3 is 9.72 Å². The maximum absolute atomic E-state index is 12.4. The molecule has 0 unspecified atom stereocenters. The Morgan fingerprint density at radius 3 is 1.72 bits per heavy atom. The van der Waals surface area contributed by atoms with Crippen LogP contribution in [0.3, 0.4) is 0 Å².